The predicted molar refractivity (Wildman–Crippen MR) is 245 cm³/mol. The lowest BCUT2D eigenvalue weighted by atomic mass is 9.88. The molecule has 2 aliphatic rings. The molecule has 2 aromatic heterocycles. The molecule has 1 saturated heterocycles. The first-order chi connectivity index (χ1) is 30.7. The number of H-pyrrole nitrogens is 2. The molecule has 5 aromatic rings. The zero-order valence-corrected chi connectivity index (χ0v) is 37.3. The normalized spacial score (nSPS) is 15.0. The summed E-state index contributed by atoms with van der Waals surface area (Å²) in [5.41, 5.74) is 2.56. The maximum absolute atomic E-state index is 14.1. The molecular weight excluding hydrogens is 817 g/mol. The number of nitrogens with one attached hydrogen (secondary N) is 5. The number of hydrogen-bond donors (Lipinski definition) is 5. The van der Waals surface area contributed by atoms with E-state index in [1.54, 1.807) is 40.8 Å². The molecule has 2 aliphatic heterocycles. The molecule has 0 saturated carbocycles. The van der Waals surface area contributed by atoms with Crippen molar-refractivity contribution in [2.24, 2.45) is 0 Å². The number of piperazine rings is 1. The van der Waals surface area contributed by atoms with E-state index in [4.69, 9.17) is 23.9 Å². The van der Waals surface area contributed by atoms with Gasteiger partial charge in [0.25, 0.3) is 0 Å². The highest BCUT2D eigenvalue weighted by Gasteiger charge is 2.37. The Bertz CT molecular complexity index is 2390. The number of urea groups is 1. The van der Waals surface area contributed by atoms with Gasteiger partial charge in [0.1, 0.15) is 24.1 Å². The topological polar surface area (TPSA) is 192 Å². The second kappa shape index (κ2) is 20.3. The van der Waals surface area contributed by atoms with E-state index in [1.807, 2.05) is 83.9 Å². The number of benzene rings is 3. The molecule has 0 radical (unpaired) electrons. The molecule has 64 heavy (non-hydrogen) atoms. The maximum atomic E-state index is 14.1. The summed E-state index contributed by atoms with van der Waals surface area (Å²) in [6, 6.07) is 21.7. The minimum atomic E-state index is -1.17. The zero-order valence-electron chi connectivity index (χ0n) is 37.3. The van der Waals surface area contributed by atoms with Gasteiger partial charge in [-0.3, -0.25) is 9.69 Å². The second-order valence-corrected chi connectivity index (χ2v) is 17.9. The zero-order chi connectivity index (χ0) is 45.3. The van der Waals surface area contributed by atoms with E-state index in [0.29, 0.717) is 63.5 Å². The van der Waals surface area contributed by atoms with Gasteiger partial charge in [-0.1, -0.05) is 54.6 Å². The number of unbranched alkanes of at least 4 members (excludes halogenated alkanes) is 1. The van der Waals surface area contributed by atoms with Crippen molar-refractivity contribution in [1.82, 2.24) is 40.7 Å². The third kappa shape index (κ3) is 11.9. The Kier molecular flexibility index (Phi) is 14.4. The number of ether oxygens (including phenoxy) is 4. The highest BCUT2D eigenvalue weighted by Crippen LogP contribution is 2.33. The van der Waals surface area contributed by atoms with Crippen molar-refractivity contribution in [3.8, 4) is 11.5 Å². The van der Waals surface area contributed by atoms with Crippen molar-refractivity contribution in [3.05, 3.63) is 113 Å². The Hall–Kier alpha value is -6.55. The van der Waals surface area contributed by atoms with E-state index >= 15 is 0 Å². The molecule has 0 bridgehead atoms. The lowest BCUT2D eigenvalue weighted by molar-refractivity contribution is -0.159. The molecular formula is C48H64N8O8. The van der Waals surface area contributed by atoms with Crippen molar-refractivity contribution in [2.45, 2.75) is 96.6 Å². The number of esters is 1. The van der Waals surface area contributed by atoms with Gasteiger partial charge >= 0.3 is 18.1 Å². The molecule has 0 aliphatic carbocycles. The molecule has 5 N–H and O–H groups in total. The third-order valence-corrected chi connectivity index (χ3v) is 11.5. The highest BCUT2D eigenvalue weighted by atomic mass is 16.7. The average molecular weight is 881 g/mol. The van der Waals surface area contributed by atoms with Gasteiger partial charge in [-0.2, -0.15) is 0 Å². The number of carbonyl (C=O) groups is 4. The fourth-order valence-electron chi connectivity index (χ4n) is 7.74. The molecule has 4 amide bonds. The van der Waals surface area contributed by atoms with Crippen LogP contribution in [0.4, 0.5) is 9.59 Å². The molecule has 7 rings (SSSR count). The Morgan fingerprint density at radius 3 is 2.41 bits per heavy atom. The summed E-state index contributed by atoms with van der Waals surface area (Å²) in [6.07, 6.45) is 4.81. The minimum Gasteiger partial charge on any atom is -0.458 e. The first-order valence-electron chi connectivity index (χ1n) is 22.0. The largest absolute Gasteiger partial charge is 0.458 e. The fraction of sp³-hybridized carbons (Fsp3) is 0.438. The fourth-order valence-corrected chi connectivity index (χ4v) is 7.74. The van der Waals surface area contributed by atoms with Gasteiger partial charge < -0.3 is 49.8 Å². The van der Waals surface area contributed by atoms with Crippen LogP contribution in [-0.4, -0.2) is 99.9 Å². The van der Waals surface area contributed by atoms with E-state index in [0.717, 1.165) is 45.6 Å². The van der Waals surface area contributed by atoms with Crippen LogP contribution in [0.2, 0.25) is 0 Å². The maximum Gasteiger partial charge on any atom is 0.407 e. The summed E-state index contributed by atoms with van der Waals surface area (Å²) >= 11 is 0. The van der Waals surface area contributed by atoms with Gasteiger partial charge in [-0.25, -0.2) is 19.4 Å². The number of amides is 4. The van der Waals surface area contributed by atoms with Gasteiger partial charge in [-0.05, 0) is 88.8 Å². The van der Waals surface area contributed by atoms with Crippen LogP contribution in [0.5, 0.6) is 11.5 Å². The number of para-hydroxylation sites is 1. The number of nitrogens with zero attached hydrogens (tertiary/aromatic N) is 3. The molecule has 16 heteroatoms. The average Bonchev–Trinajstić information content (AvgIpc) is 4.06. The Balaban J connectivity index is 0.00000408. The molecule has 344 valence electrons. The van der Waals surface area contributed by atoms with Gasteiger partial charge in [0.05, 0.1) is 11.5 Å². The van der Waals surface area contributed by atoms with E-state index in [2.05, 4.69) is 30.8 Å². The molecule has 0 unspecified atom stereocenters. The molecule has 16 nitrogen and oxygen atoms in total. The number of aromatic nitrogens is 3. The number of carbonyl (C=O) groups excluding carboxylic acids is 4. The molecule has 3 aromatic carbocycles. The van der Waals surface area contributed by atoms with Gasteiger partial charge in [0.2, 0.25) is 12.7 Å². The number of rotatable bonds is 17. The van der Waals surface area contributed by atoms with Crippen LogP contribution in [0.25, 0.3) is 10.9 Å². The molecule has 0 spiro atoms. The third-order valence-electron chi connectivity index (χ3n) is 11.5. The van der Waals surface area contributed by atoms with Crippen molar-refractivity contribution < 1.29 is 41.0 Å². The lowest BCUT2D eigenvalue weighted by Gasteiger charge is -2.35. The molecule has 1 fully saturated rings. The summed E-state index contributed by atoms with van der Waals surface area (Å²) in [5, 5.41) is 9.98. The number of aromatic amines is 2. The summed E-state index contributed by atoms with van der Waals surface area (Å²) in [6.45, 7) is 12.8. The van der Waals surface area contributed by atoms with E-state index in [1.165, 1.54) is 0 Å². The Labute approximate surface area is 376 Å². The summed E-state index contributed by atoms with van der Waals surface area (Å²) in [5.74, 6) is 1.05. The molecule has 4 heterocycles. The van der Waals surface area contributed by atoms with Crippen molar-refractivity contribution in [1.29, 1.82) is 0 Å². The van der Waals surface area contributed by atoms with Crippen LogP contribution in [0.1, 0.15) is 91.0 Å². The Morgan fingerprint density at radius 1 is 0.875 bits per heavy atom. The van der Waals surface area contributed by atoms with Crippen LogP contribution < -0.4 is 25.4 Å². The smallest absolute Gasteiger partial charge is 0.407 e. The first-order valence-corrected chi connectivity index (χ1v) is 22.0. The highest BCUT2D eigenvalue weighted by molar-refractivity contribution is 5.91. The number of alkyl carbamates (subject to hydrolysis) is 1. The van der Waals surface area contributed by atoms with Gasteiger partial charge in [0, 0.05) is 77.5 Å². The second-order valence-electron chi connectivity index (χ2n) is 17.9. The summed E-state index contributed by atoms with van der Waals surface area (Å²) < 4.78 is 22.0. The van der Waals surface area contributed by atoms with Crippen LogP contribution in [0.15, 0.2) is 85.2 Å². The minimum absolute atomic E-state index is 0. The lowest BCUT2D eigenvalue weighted by Crippen LogP contribution is -2.52. The van der Waals surface area contributed by atoms with E-state index < -0.39 is 41.1 Å². The number of hydrogen-bond acceptors (Lipinski definition) is 10. The van der Waals surface area contributed by atoms with E-state index in [9.17, 15) is 19.2 Å². The van der Waals surface area contributed by atoms with E-state index in [-0.39, 0.29) is 28.7 Å². The van der Waals surface area contributed by atoms with Crippen LogP contribution in [0.3, 0.4) is 0 Å². The quantitative estimate of drug-likeness (QED) is 0.0475. The monoisotopic (exact) mass is 880 g/mol. The summed E-state index contributed by atoms with van der Waals surface area (Å²) in [4.78, 5) is 69.4. The number of imidazole rings is 1. The van der Waals surface area contributed by atoms with Gasteiger partial charge in [-0.15, -0.1) is 0 Å². The Morgan fingerprint density at radius 2 is 1.62 bits per heavy atom. The SMILES string of the molecule is CC(C)(C)OC(=O)[C@@H](CCCCNC(=O)OCc1ccccc1)NC(=O)C(C)(C)c1cnc([C@@H](Cc2c[nH]c3ccccc23)NC(=O)N2CCN(Cc3ccc4c(c3)OCO4)CC2)[nH]1.[HH].[HH]. The van der Waals surface area contributed by atoms with Gasteiger partial charge in [0.15, 0.2) is 11.5 Å². The van der Waals surface area contributed by atoms with Crippen molar-refractivity contribution in [3.63, 3.8) is 0 Å². The van der Waals surface area contributed by atoms with Crippen LogP contribution in [0, 0.1) is 0 Å². The van der Waals surface area contributed by atoms with Crippen LogP contribution >= 0.6 is 0 Å². The standard InChI is InChI=1S/C48H60N8O8.2H2/c1-47(2,3)64-43(57)37(17-11-12-20-49-46(60)61-30-32-13-7-6-8-14-32)52-44(58)48(4,5)41-28-51-42(54-41)38(26-34-27-50-36-16-10-9-15-35(34)36)53-45(59)56-23-21-55(22-24-56)29-33-18-19-39-40(25-33)63-31-62-39;;/h6-10,13-16,18-19,25,27-28,37-38,50H,11-12,17,20-24,26,29-31H2,1-5H3,(H,49,60)(H,51,54)(H,52,58)(H,53,59);2*1H/t37-,38-;;/m1../s1. The predicted octanol–water partition coefficient (Wildman–Crippen LogP) is 7.12. The summed E-state index contributed by atoms with van der Waals surface area (Å²) in [7, 11) is 0. The van der Waals surface area contributed by atoms with Crippen molar-refractivity contribution in [2.75, 3.05) is 39.5 Å². The van der Waals surface area contributed by atoms with Crippen molar-refractivity contribution >= 4 is 34.9 Å². The number of fused-ring (bicyclic) bond motifs is 2. The first kappa shape index (κ1) is 45.5. The molecule has 2 atom stereocenters. The van der Waals surface area contributed by atoms with Crippen LogP contribution in [-0.2, 0) is 44.1 Å².